The van der Waals surface area contributed by atoms with Gasteiger partial charge in [-0.1, -0.05) is 12.1 Å². The van der Waals surface area contributed by atoms with Crippen LogP contribution in [0.25, 0.3) is 0 Å². The third-order valence-electron chi connectivity index (χ3n) is 2.55. The highest BCUT2D eigenvalue weighted by Crippen LogP contribution is 2.12. The zero-order valence-corrected chi connectivity index (χ0v) is 11.4. The van der Waals surface area contributed by atoms with Gasteiger partial charge >= 0.3 is 0 Å². The fourth-order valence-electron chi connectivity index (χ4n) is 1.77. The summed E-state index contributed by atoms with van der Waals surface area (Å²) in [4.78, 5) is 11.8. The highest BCUT2D eigenvalue weighted by molar-refractivity contribution is 5.81. The lowest BCUT2D eigenvalue weighted by molar-refractivity contribution is -0.123. The van der Waals surface area contributed by atoms with E-state index in [-0.39, 0.29) is 23.2 Å². The molecular weight excluding hydrogens is 228 g/mol. The van der Waals surface area contributed by atoms with E-state index in [1.807, 2.05) is 32.9 Å². The number of nitrogens with one attached hydrogen (secondary N) is 2. The monoisotopic (exact) mass is 250 g/mol. The van der Waals surface area contributed by atoms with Crippen LogP contribution in [0.2, 0.25) is 0 Å². The second kappa shape index (κ2) is 5.87. The van der Waals surface area contributed by atoms with Crippen molar-refractivity contribution in [2.24, 2.45) is 0 Å². The van der Waals surface area contributed by atoms with Crippen molar-refractivity contribution in [2.45, 2.75) is 38.8 Å². The summed E-state index contributed by atoms with van der Waals surface area (Å²) < 4.78 is 0. The van der Waals surface area contributed by atoms with Crippen molar-refractivity contribution in [1.29, 1.82) is 0 Å². The Morgan fingerprint density at radius 1 is 1.28 bits per heavy atom. The van der Waals surface area contributed by atoms with E-state index in [1.54, 1.807) is 19.2 Å². The molecule has 0 saturated carbocycles. The van der Waals surface area contributed by atoms with Crippen LogP contribution in [0.15, 0.2) is 24.3 Å². The Labute approximate surface area is 108 Å². The van der Waals surface area contributed by atoms with Gasteiger partial charge in [0.2, 0.25) is 5.91 Å². The van der Waals surface area contributed by atoms with Crippen LogP contribution in [-0.4, -0.2) is 29.6 Å². The summed E-state index contributed by atoms with van der Waals surface area (Å²) >= 11 is 0. The molecular formula is C14H22N2O2. The molecule has 18 heavy (non-hydrogen) atoms. The van der Waals surface area contributed by atoms with Gasteiger partial charge in [0.25, 0.3) is 0 Å². The first-order valence-electron chi connectivity index (χ1n) is 6.09. The van der Waals surface area contributed by atoms with Crippen LogP contribution in [0.1, 0.15) is 26.3 Å². The lowest BCUT2D eigenvalue weighted by Gasteiger charge is -2.27. The Bertz CT molecular complexity index is 393. The van der Waals surface area contributed by atoms with Crippen LogP contribution >= 0.6 is 0 Å². The number of likely N-dealkylation sites (N-methyl/N-ethyl adjacent to an activating group) is 1. The van der Waals surface area contributed by atoms with E-state index >= 15 is 0 Å². The molecule has 1 unspecified atom stereocenters. The summed E-state index contributed by atoms with van der Waals surface area (Å²) in [6.07, 6.45) is 0.594. The van der Waals surface area contributed by atoms with Crippen LogP contribution in [0.4, 0.5) is 0 Å². The lowest BCUT2D eigenvalue weighted by Crippen LogP contribution is -2.52. The van der Waals surface area contributed by atoms with Crippen LogP contribution < -0.4 is 10.6 Å². The van der Waals surface area contributed by atoms with Gasteiger partial charge in [0.1, 0.15) is 5.75 Å². The first-order valence-corrected chi connectivity index (χ1v) is 6.09. The molecule has 0 aliphatic heterocycles. The first-order chi connectivity index (χ1) is 8.31. The maximum Gasteiger partial charge on any atom is 0.237 e. The Kier molecular flexibility index (Phi) is 4.73. The average molecular weight is 250 g/mol. The van der Waals surface area contributed by atoms with Crippen LogP contribution in [0.5, 0.6) is 5.75 Å². The smallest absolute Gasteiger partial charge is 0.237 e. The van der Waals surface area contributed by atoms with Crippen LogP contribution in [-0.2, 0) is 11.2 Å². The highest BCUT2D eigenvalue weighted by Gasteiger charge is 2.23. The largest absolute Gasteiger partial charge is 0.508 e. The second-order valence-electron chi connectivity index (χ2n) is 5.43. The standard InChI is InChI=1S/C14H22N2O2/c1-14(2,3)16-12(13(18)15-4)9-10-5-7-11(17)8-6-10/h5-8,12,16-17H,9H2,1-4H3,(H,15,18). The van der Waals surface area contributed by atoms with Gasteiger partial charge in [-0.05, 0) is 44.9 Å². The van der Waals surface area contributed by atoms with Crippen molar-refractivity contribution in [3.05, 3.63) is 29.8 Å². The minimum Gasteiger partial charge on any atom is -0.508 e. The van der Waals surface area contributed by atoms with E-state index in [9.17, 15) is 9.90 Å². The predicted octanol–water partition coefficient (Wildman–Crippen LogP) is 1.44. The molecule has 0 bridgehead atoms. The number of aromatic hydroxyl groups is 1. The zero-order chi connectivity index (χ0) is 13.8. The molecule has 0 fully saturated rings. The molecule has 100 valence electrons. The Hall–Kier alpha value is -1.55. The number of rotatable bonds is 4. The summed E-state index contributed by atoms with van der Waals surface area (Å²) in [7, 11) is 1.64. The molecule has 1 atom stereocenters. The number of hydrogen-bond donors (Lipinski definition) is 3. The van der Waals surface area contributed by atoms with Gasteiger partial charge in [0.05, 0.1) is 6.04 Å². The highest BCUT2D eigenvalue weighted by atomic mass is 16.3. The number of carbonyl (C=O) groups is 1. The van der Waals surface area contributed by atoms with E-state index in [2.05, 4.69) is 10.6 Å². The van der Waals surface area contributed by atoms with E-state index in [0.29, 0.717) is 6.42 Å². The van der Waals surface area contributed by atoms with Crippen molar-refractivity contribution >= 4 is 5.91 Å². The SMILES string of the molecule is CNC(=O)C(Cc1ccc(O)cc1)NC(C)(C)C. The van der Waals surface area contributed by atoms with Crippen molar-refractivity contribution in [2.75, 3.05) is 7.05 Å². The van der Waals surface area contributed by atoms with Gasteiger partial charge in [-0.25, -0.2) is 0 Å². The van der Waals surface area contributed by atoms with Crippen molar-refractivity contribution < 1.29 is 9.90 Å². The Balaban J connectivity index is 2.78. The molecule has 1 aromatic rings. The fourth-order valence-corrected chi connectivity index (χ4v) is 1.77. The van der Waals surface area contributed by atoms with Crippen LogP contribution in [0, 0.1) is 0 Å². The molecule has 1 aromatic carbocycles. The Morgan fingerprint density at radius 3 is 2.28 bits per heavy atom. The molecule has 0 heterocycles. The predicted molar refractivity (Wildman–Crippen MR) is 72.6 cm³/mol. The van der Waals surface area contributed by atoms with E-state index < -0.39 is 0 Å². The van der Waals surface area contributed by atoms with Gasteiger partial charge in [0.15, 0.2) is 0 Å². The van der Waals surface area contributed by atoms with E-state index in [4.69, 9.17) is 0 Å². The van der Waals surface area contributed by atoms with Gasteiger partial charge < -0.3 is 15.7 Å². The van der Waals surface area contributed by atoms with Crippen molar-refractivity contribution in [1.82, 2.24) is 10.6 Å². The normalized spacial score (nSPS) is 13.1. The Morgan fingerprint density at radius 2 is 1.83 bits per heavy atom. The van der Waals surface area contributed by atoms with Gasteiger partial charge in [-0.3, -0.25) is 4.79 Å². The maximum absolute atomic E-state index is 11.8. The molecule has 0 aliphatic rings. The third kappa shape index (κ3) is 4.75. The molecule has 4 nitrogen and oxygen atoms in total. The van der Waals surface area contributed by atoms with E-state index in [1.165, 1.54) is 0 Å². The summed E-state index contributed by atoms with van der Waals surface area (Å²) in [6.45, 7) is 6.08. The molecule has 0 spiro atoms. The summed E-state index contributed by atoms with van der Waals surface area (Å²) in [5, 5.41) is 15.2. The quantitative estimate of drug-likeness (QED) is 0.757. The summed E-state index contributed by atoms with van der Waals surface area (Å²) in [6, 6.07) is 6.64. The molecule has 0 saturated heterocycles. The molecule has 0 radical (unpaired) electrons. The van der Waals surface area contributed by atoms with Gasteiger partial charge in [-0.15, -0.1) is 0 Å². The third-order valence-corrected chi connectivity index (χ3v) is 2.55. The molecule has 1 rings (SSSR count). The maximum atomic E-state index is 11.8. The number of phenolic OH excluding ortho intramolecular Hbond substituents is 1. The van der Waals surface area contributed by atoms with Gasteiger partial charge in [0, 0.05) is 12.6 Å². The first kappa shape index (κ1) is 14.5. The molecule has 1 amide bonds. The average Bonchev–Trinajstić information content (AvgIpc) is 2.28. The second-order valence-corrected chi connectivity index (χ2v) is 5.43. The fraction of sp³-hybridized carbons (Fsp3) is 0.500. The topological polar surface area (TPSA) is 61.4 Å². The molecule has 4 heteroatoms. The lowest BCUT2D eigenvalue weighted by atomic mass is 10.0. The number of phenols is 1. The summed E-state index contributed by atoms with van der Waals surface area (Å²) in [5.74, 6) is 0.206. The van der Waals surface area contributed by atoms with Crippen LogP contribution in [0.3, 0.4) is 0 Å². The minimum atomic E-state index is -0.278. The minimum absolute atomic E-state index is 0.0296. The zero-order valence-electron chi connectivity index (χ0n) is 11.4. The summed E-state index contributed by atoms with van der Waals surface area (Å²) in [5.41, 5.74) is 0.881. The van der Waals surface area contributed by atoms with Gasteiger partial charge in [-0.2, -0.15) is 0 Å². The molecule has 0 aliphatic carbocycles. The molecule has 3 N–H and O–H groups in total. The molecule has 0 aromatic heterocycles. The van der Waals surface area contributed by atoms with Crippen molar-refractivity contribution in [3.63, 3.8) is 0 Å². The van der Waals surface area contributed by atoms with E-state index in [0.717, 1.165) is 5.56 Å². The number of carbonyl (C=O) groups excluding carboxylic acids is 1. The number of amides is 1. The van der Waals surface area contributed by atoms with Crippen molar-refractivity contribution in [3.8, 4) is 5.75 Å². The number of hydrogen-bond acceptors (Lipinski definition) is 3. The number of benzene rings is 1.